The summed E-state index contributed by atoms with van der Waals surface area (Å²) in [5, 5.41) is 16.7. The second kappa shape index (κ2) is 14.5. The molecular weight excluding hydrogens is 438 g/mol. The predicted octanol–water partition coefficient (Wildman–Crippen LogP) is -1.85. The van der Waals surface area contributed by atoms with Crippen LogP contribution in [0.2, 0.25) is 0 Å². The number of rotatable bonds is 14. The van der Waals surface area contributed by atoms with Crippen LogP contribution in [0.1, 0.15) is 40.5 Å². The van der Waals surface area contributed by atoms with Gasteiger partial charge in [0.25, 0.3) is 0 Å². The first-order chi connectivity index (χ1) is 14.8. The first kappa shape index (κ1) is 29.5. The van der Waals surface area contributed by atoms with Gasteiger partial charge in [-0.1, -0.05) is 27.7 Å². The number of thiol groups is 1. The average molecular weight is 476 g/mol. The lowest BCUT2D eigenvalue weighted by atomic mass is 10.0. The van der Waals surface area contributed by atoms with Gasteiger partial charge >= 0.3 is 5.97 Å². The molecule has 3 amide bonds. The molecule has 0 heterocycles. The Labute approximate surface area is 193 Å². The molecule has 0 fully saturated rings. The van der Waals surface area contributed by atoms with Gasteiger partial charge in [-0.15, -0.1) is 0 Å². The Morgan fingerprint density at radius 2 is 1.47 bits per heavy atom. The van der Waals surface area contributed by atoms with E-state index < -0.39 is 47.9 Å². The van der Waals surface area contributed by atoms with Crippen molar-refractivity contribution in [1.29, 1.82) is 0 Å². The molecule has 0 bridgehead atoms. The van der Waals surface area contributed by atoms with Crippen molar-refractivity contribution in [3.63, 3.8) is 0 Å². The third kappa shape index (κ3) is 10.7. The third-order valence-corrected chi connectivity index (χ3v) is 5.01. The van der Waals surface area contributed by atoms with Crippen molar-refractivity contribution in [3.8, 4) is 0 Å². The molecule has 4 atom stereocenters. The van der Waals surface area contributed by atoms with Gasteiger partial charge in [-0.3, -0.25) is 19.4 Å². The van der Waals surface area contributed by atoms with Crippen LogP contribution in [0.5, 0.6) is 0 Å². The van der Waals surface area contributed by atoms with Crippen LogP contribution in [0.15, 0.2) is 4.99 Å². The van der Waals surface area contributed by atoms with Gasteiger partial charge in [0, 0.05) is 12.3 Å². The number of nitrogens with one attached hydrogen (secondary N) is 3. The lowest BCUT2D eigenvalue weighted by Gasteiger charge is -2.27. The number of guanidine groups is 1. The third-order valence-electron chi connectivity index (χ3n) is 4.64. The molecule has 0 aliphatic heterocycles. The maximum Gasteiger partial charge on any atom is 0.327 e. The quantitative estimate of drug-likeness (QED) is 0.0616. The fourth-order valence-electron chi connectivity index (χ4n) is 2.58. The van der Waals surface area contributed by atoms with Crippen molar-refractivity contribution >= 4 is 42.3 Å². The van der Waals surface area contributed by atoms with Crippen LogP contribution in [-0.2, 0) is 19.2 Å². The molecule has 10 N–H and O–H groups in total. The van der Waals surface area contributed by atoms with Crippen molar-refractivity contribution in [2.45, 2.75) is 64.7 Å². The van der Waals surface area contributed by atoms with Gasteiger partial charge in [0.2, 0.25) is 17.7 Å². The minimum atomic E-state index is -1.24. The van der Waals surface area contributed by atoms with Crippen LogP contribution in [0.4, 0.5) is 0 Å². The van der Waals surface area contributed by atoms with Crippen LogP contribution >= 0.6 is 12.6 Å². The highest BCUT2D eigenvalue weighted by Gasteiger charge is 2.31. The molecule has 0 radical (unpaired) electrons. The van der Waals surface area contributed by atoms with Gasteiger partial charge < -0.3 is 38.3 Å². The monoisotopic (exact) mass is 475 g/mol. The summed E-state index contributed by atoms with van der Waals surface area (Å²) in [6.45, 7) is 7.19. The number of hydrogen-bond acceptors (Lipinski definition) is 7. The second-order valence-corrected chi connectivity index (χ2v) is 8.46. The van der Waals surface area contributed by atoms with Crippen LogP contribution < -0.4 is 33.2 Å². The minimum Gasteiger partial charge on any atom is -0.480 e. The highest BCUT2D eigenvalue weighted by atomic mass is 32.1. The van der Waals surface area contributed by atoms with Crippen molar-refractivity contribution in [2.75, 3.05) is 12.3 Å². The number of carboxylic acids is 1. The largest absolute Gasteiger partial charge is 0.480 e. The zero-order chi connectivity index (χ0) is 25.0. The van der Waals surface area contributed by atoms with Crippen molar-refractivity contribution in [3.05, 3.63) is 0 Å². The van der Waals surface area contributed by atoms with Crippen LogP contribution in [-0.4, -0.2) is 71.2 Å². The summed E-state index contributed by atoms with van der Waals surface area (Å²) in [6, 6.07) is -4.04. The minimum absolute atomic E-state index is 0.0921. The Hall–Kier alpha value is -2.54. The molecular formula is C19H37N7O5S. The Morgan fingerprint density at radius 3 is 1.91 bits per heavy atom. The number of hydrogen-bond donors (Lipinski definition) is 8. The fourth-order valence-corrected chi connectivity index (χ4v) is 2.83. The number of nitrogens with zero attached hydrogens (tertiary/aromatic N) is 1. The predicted molar refractivity (Wildman–Crippen MR) is 125 cm³/mol. The smallest absolute Gasteiger partial charge is 0.327 e. The van der Waals surface area contributed by atoms with E-state index in [0.717, 1.165) is 0 Å². The molecule has 4 unspecified atom stereocenters. The summed E-state index contributed by atoms with van der Waals surface area (Å²) in [6.07, 6.45) is 0.576. The van der Waals surface area contributed by atoms with Gasteiger partial charge in [0.15, 0.2) is 5.96 Å². The van der Waals surface area contributed by atoms with Gasteiger partial charge in [-0.2, -0.15) is 12.6 Å². The fraction of sp³-hybridized carbons (Fsp3) is 0.737. The molecule has 0 aliphatic carbocycles. The standard InChI is InChI=1S/C19H37N7O5S/c1-9(2)13(20)16(28)24-11(6-5-7-23-19(21)22)15(27)26-14(10(3)4)17(29)25-12(8-32)18(30)31/h9-14,32H,5-8,20H2,1-4H3,(H,24,28)(H,25,29)(H,26,27)(H,30,31)(H4,21,22,23). The van der Waals surface area contributed by atoms with E-state index in [0.29, 0.717) is 6.42 Å². The number of carboxylic acid groups (broad SMARTS) is 1. The SMILES string of the molecule is CC(C)C(N)C(=O)NC(CCCN=C(N)N)C(=O)NC(C(=O)NC(CS)C(=O)O)C(C)C. The average Bonchev–Trinajstić information content (AvgIpc) is 2.70. The molecule has 0 saturated carbocycles. The van der Waals surface area contributed by atoms with E-state index in [2.05, 4.69) is 33.6 Å². The van der Waals surface area contributed by atoms with E-state index in [4.69, 9.17) is 22.3 Å². The molecule has 32 heavy (non-hydrogen) atoms. The Balaban J connectivity index is 5.44. The Kier molecular flexibility index (Phi) is 13.4. The maximum atomic E-state index is 12.9. The van der Waals surface area contributed by atoms with E-state index in [-0.39, 0.29) is 36.5 Å². The zero-order valence-corrected chi connectivity index (χ0v) is 19.9. The van der Waals surface area contributed by atoms with Gasteiger partial charge in [-0.25, -0.2) is 4.79 Å². The van der Waals surface area contributed by atoms with Crippen molar-refractivity contribution < 1.29 is 24.3 Å². The number of aliphatic imine (C=N–C) groups is 1. The lowest BCUT2D eigenvalue weighted by molar-refractivity contribution is -0.142. The topological polar surface area (TPSA) is 215 Å². The lowest BCUT2D eigenvalue weighted by Crippen LogP contribution is -2.59. The van der Waals surface area contributed by atoms with Crippen LogP contribution in [0.25, 0.3) is 0 Å². The van der Waals surface area contributed by atoms with Gasteiger partial charge in [-0.05, 0) is 24.7 Å². The summed E-state index contributed by atoms with van der Waals surface area (Å²) in [7, 11) is 0. The zero-order valence-electron chi connectivity index (χ0n) is 19.0. The van der Waals surface area contributed by atoms with Gasteiger partial charge in [0.1, 0.15) is 18.1 Å². The molecule has 0 saturated heterocycles. The molecule has 0 spiro atoms. The number of carbonyl (C=O) groups excluding carboxylic acids is 3. The summed E-state index contributed by atoms with van der Waals surface area (Å²) >= 11 is 3.92. The molecule has 13 heteroatoms. The van der Waals surface area contributed by atoms with E-state index in [9.17, 15) is 19.2 Å². The molecule has 0 aromatic heterocycles. The summed E-state index contributed by atoms with van der Waals surface area (Å²) < 4.78 is 0. The Morgan fingerprint density at radius 1 is 0.906 bits per heavy atom. The van der Waals surface area contributed by atoms with E-state index in [1.54, 1.807) is 27.7 Å². The number of amides is 3. The van der Waals surface area contributed by atoms with Gasteiger partial charge in [0.05, 0.1) is 6.04 Å². The van der Waals surface area contributed by atoms with E-state index in [1.165, 1.54) is 0 Å². The highest BCUT2D eigenvalue weighted by Crippen LogP contribution is 2.07. The Bertz CT molecular complexity index is 683. The second-order valence-electron chi connectivity index (χ2n) is 8.09. The van der Waals surface area contributed by atoms with E-state index >= 15 is 0 Å². The van der Waals surface area contributed by atoms with E-state index in [1.807, 2.05) is 0 Å². The normalized spacial score (nSPS) is 14.8. The first-order valence-corrected chi connectivity index (χ1v) is 11.0. The molecule has 184 valence electrons. The molecule has 12 nitrogen and oxygen atoms in total. The highest BCUT2D eigenvalue weighted by molar-refractivity contribution is 7.80. The molecule has 0 rings (SSSR count). The molecule has 0 aromatic carbocycles. The number of nitrogens with two attached hydrogens (primary N) is 3. The molecule has 0 aromatic rings. The summed E-state index contributed by atoms with van der Waals surface area (Å²) in [4.78, 5) is 53.0. The van der Waals surface area contributed by atoms with Crippen molar-refractivity contribution in [1.82, 2.24) is 16.0 Å². The maximum absolute atomic E-state index is 12.9. The summed E-state index contributed by atoms with van der Waals surface area (Å²) in [5.41, 5.74) is 16.5. The summed E-state index contributed by atoms with van der Waals surface area (Å²) in [5.74, 6) is -3.73. The van der Waals surface area contributed by atoms with Crippen molar-refractivity contribution in [2.24, 2.45) is 34.0 Å². The van der Waals surface area contributed by atoms with Crippen LogP contribution in [0.3, 0.4) is 0 Å². The number of carbonyl (C=O) groups is 4. The number of aliphatic carboxylic acids is 1. The van der Waals surface area contributed by atoms with Crippen LogP contribution in [0, 0.1) is 11.8 Å². The molecule has 0 aliphatic rings. The first-order valence-electron chi connectivity index (χ1n) is 10.4.